The summed E-state index contributed by atoms with van der Waals surface area (Å²) in [6, 6.07) is 20.5. The average Bonchev–Trinajstić information content (AvgIpc) is 2.67. The molecule has 0 saturated heterocycles. The van der Waals surface area contributed by atoms with Crippen LogP contribution in [0, 0.1) is 0 Å². The van der Waals surface area contributed by atoms with Crippen molar-refractivity contribution in [3.63, 3.8) is 0 Å². The van der Waals surface area contributed by atoms with Crippen molar-refractivity contribution in [2.24, 2.45) is 0 Å². The van der Waals surface area contributed by atoms with Crippen LogP contribution in [0.1, 0.15) is 38.7 Å². The van der Waals surface area contributed by atoms with Crippen molar-refractivity contribution in [1.82, 2.24) is 4.98 Å². The summed E-state index contributed by atoms with van der Waals surface area (Å²) >= 11 is 0. The Morgan fingerprint density at radius 1 is 0.920 bits per heavy atom. The van der Waals surface area contributed by atoms with Gasteiger partial charge in [-0.25, -0.2) is 0 Å². The minimum absolute atomic E-state index is 0.0167. The summed E-state index contributed by atoms with van der Waals surface area (Å²) in [4.78, 5) is 29.7. The van der Waals surface area contributed by atoms with Gasteiger partial charge in [-0.15, -0.1) is 0 Å². The normalized spacial score (nSPS) is 11.7. The van der Waals surface area contributed by atoms with E-state index in [1.807, 2.05) is 30.3 Å². The molecule has 1 unspecified atom stereocenters. The second-order valence-electron chi connectivity index (χ2n) is 5.72. The predicted molar refractivity (Wildman–Crippen MR) is 94.8 cm³/mol. The summed E-state index contributed by atoms with van der Waals surface area (Å²) < 4.78 is 0. The van der Waals surface area contributed by atoms with Gasteiger partial charge in [0.1, 0.15) is 11.4 Å². The van der Waals surface area contributed by atoms with Crippen molar-refractivity contribution in [2.45, 2.75) is 12.3 Å². The van der Waals surface area contributed by atoms with E-state index in [4.69, 9.17) is 0 Å². The number of aromatic hydroxyl groups is 1. The van der Waals surface area contributed by atoms with Crippen molar-refractivity contribution in [3.05, 3.63) is 95.8 Å². The zero-order valence-electron chi connectivity index (χ0n) is 13.5. The number of benzene rings is 2. The summed E-state index contributed by atoms with van der Waals surface area (Å²) in [5.41, 5.74) is 1.49. The Morgan fingerprint density at radius 2 is 1.68 bits per heavy atom. The molecule has 0 radical (unpaired) electrons. The summed E-state index contributed by atoms with van der Waals surface area (Å²) in [5, 5.41) is 9.57. The number of pyridine rings is 1. The third-order valence-electron chi connectivity index (χ3n) is 3.99. The number of aromatic nitrogens is 1. The molecule has 0 amide bonds. The van der Waals surface area contributed by atoms with Crippen molar-refractivity contribution in [1.29, 1.82) is 0 Å². The average molecular weight is 331 g/mol. The summed E-state index contributed by atoms with van der Waals surface area (Å²) in [5.74, 6) is -0.988. The van der Waals surface area contributed by atoms with Gasteiger partial charge in [0, 0.05) is 18.2 Å². The number of phenolic OH excluding ortho intramolecular Hbond substituents is 1. The molecule has 0 aliphatic heterocycles. The van der Waals surface area contributed by atoms with Crippen LogP contribution < -0.4 is 0 Å². The Kier molecular flexibility index (Phi) is 5.00. The molecule has 2 aromatic carbocycles. The van der Waals surface area contributed by atoms with Crippen molar-refractivity contribution in [2.75, 3.05) is 0 Å². The standard InChI is InChI=1S/C21H17NO3/c23-17-10-6-9-16(13-17)20(24)14-18(15-7-2-1-3-8-15)21(25)19-11-4-5-12-22-19/h1-13,18,23H,14H2. The second-order valence-corrected chi connectivity index (χ2v) is 5.72. The van der Waals surface area contributed by atoms with Crippen molar-refractivity contribution >= 4 is 11.6 Å². The first kappa shape index (κ1) is 16.6. The first-order valence-corrected chi connectivity index (χ1v) is 7.97. The van der Waals surface area contributed by atoms with Gasteiger partial charge in [0.05, 0.1) is 5.92 Å². The fourth-order valence-corrected chi connectivity index (χ4v) is 2.72. The van der Waals surface area contributed by atoms with E-state index in [0.29, 0.717) is 11.3 Å². The molecule has 1 atom stereocenters. The van der Waals surface area contributed by atoms with Crippen LogP contribution in [0.4, 0.5) is 0 Å². The fourth-order valence-electron chi connectivity index (χ4n) is 2.72. The Morgan fingerprint density at radius 3 is 2.36 bits per heavy atom. The van der Waals surface area contributed by atoms with E-state index in [0.717, 1.165) is 5.56 Å². The van der Waals surface area contributed by atoms with E-state index < -0.39 is 5.92 Å². The molecule has 0 bridgehead atoms. The molecule has 0 aliphatic carbocycles. The number of hydrogen-bond acceptors (Lipinski definition) is 4. The number of carbonyl (C=O) groups is 2. The first-order valence-electron chi connectivity index (χ1n) is 7.97. The molecular formula is C21H17NO3. The Balaban J connectivity index is 1.92. The number of ketones is 2. The van der Waals surface area contributed by atoms with Gasteiger partial charge >= 0.3 is 0 Å². The molecule has 124 valence electrons. The van der Waals surface area contributed by atoms with Gasteiger partial charge in [-0.3, -0.25) is 14.6 Å². The Labute approximate surface area is 145 Å². The van der Waals surface area contributed by atoms with Crippen LogP contribution in [0.15, 0.2) is 79.0 Å². The first-order chi connectivity index (χ1) is 12.1. The van der Waals surface area contributed by atoms with Gasteiger partial charge in [0.2, 0.25) is 0 Å². The van der Waals surface area contributed by atoms with E-state index in [1.165, 1.54) is 12.1 Å². The smallest absolute Gasteiger partial charge is 0.189 e. The maximum absolute atomic E-state index is 12.9. The highest BCUT2D eigenvalue weighted by molar-refractivity contribution is 6.05. The number of nitrogens with zero attached hydrogens (tertiary/aromatic N) is 1. The van der Waals surface area contributed by atoms with Crippen molar-refractivity contribution in [3.8, 4) is 5.75 Å². The molecule has 3 rings (SSSR count). The number of carbonyl (C=O) groups excluding carboxylic acids is 2. The molecule has 1 aromatic heterocycles. The number of hydrogen-bond donors (Lipinski definition) is 1. The zero-order valence-corrected chi connectivity index (χ0v) is 13.5. The van der Waals surface area contributed by atoms with E-state index in [-0.39, 0.29) is 23.7 Å². The molecule has 0 saturated carbocycles. The number of rotatable bonds is 6. The van der Waals surface area contributed by atoms with Crippen LogP contribution in [0.5, 0.6) is 5.75 Å². The van der Waals surface area contributed by atoms with Gasteiger partial charge in [0.25, 0.3) is 0 Å². The third-order valence-corrected chi connectivity index (χ3v) is 3.99. The largest absolute Gasteiger partial charge is 0.508 e. The lowest BCUT2D eigenvalue weighted by Gasteiger charge is -2.15. The van der Waals surface area contributed by atoms with E-state index in [2.05, 4.69) is 4.98 Å². The molecule has 0 fully saturated rings. The predicted octanol–water partition coefficient (Wildman–Crippen LogP) is 4.03. The molecule has 25 heavy (non-hydrogen) atoms. The van der Waals surface area contributed by atoms with Crippen LogP contribution in [0.25, 0.3) is 0 Å². The summed E-state index contributed by atoms with van der Waals surface area (Å²) in [6.07, 6.45) is 1.58. The van der Waals surface area contributed by atoms with Gasteiger partial charge in [-0.05, 0) is 29.8 Å². The van der Waals surface area contributed by atoms with E-state index in [9.17, 15) is 14.7 Å². The Bertz CT molecular complexity index is 876. The number of Topliss-reactive ketones (excluding diaryl/α,β-unsaturated/α-hetero) is 2. The second kappa shape index (κ2) is 7.53. The molecule has 3 aromatic rings. The summed E-state index contributed by atoms with van der Waals surface area (Å²) in [7, 11) is 0. The lowest BCUT2D eigenvalue weighted by Crippen LogP contribution is -2.18. The van der Waals surface area contributed by atoms with Crippen LogP contribution in [0.3, 0.4) is 0 Å². The Hall–Kier alpha value is -3.27. The lowest BCUT2D eigenvalue weighted by atomic mass is 9.87. The fraction of sp³-hybridized carbons (Fsp3) is 0.0952. The van der Waals surface area contributed by atoms with Crippen LogP contribution in [-0.2, 0) is 0 Å². The monoisotopic (exact) mass is 331 g/mol. The van der Waals surface area contributed by atoms with Gasteiger partial charge in [-0.2, -0.15) is 0 Å². The molecular weight excluding hydrogens is 314 g/mol. The highest BCUT2D eigenvalue weighted by Crippen LogP contribution is 2.26. The minimum Gasteiger partial charge on any atom is -0.508 e. The van der Waals surface area contributed by atoms with Crippen LogP contribution in [-0.4, -0.2) is 21.7 Å². The molecule has 4 nitrogen and oxygen atoms in total. The van der Waals surface area contributed by atoms with E-state index >= 15 is 0 Å². The SMILES string of the molecule is O=C(CC(C(=O)c1ccccn1)c1ccccc1)c1cccc(O)c1. The van der Waals surface area contributed by atoms with E-state index in [1.54, 1.807) is 36.5 Å². The minimum atomic E-state index is -0.619. The molecule has 0 aliphatic rings. The van der Waals surface area contributed by atoms with Crippen LogP contribution >= 0.6 is 0 Å². The maximum Gasteiger partial charge on any atom is 0.189 e. The topological polar surface area (TPSA) is 67.3 Å². The third kappa shape index (κ3) is 3.98. The van der Waals surface area contributed by atoms with Gasteiger partial charge in [-0.1, -0.05) is 48.5 Å². The van der Waals surface area contributed by atoms with Gasteiger partial charge in [0.15, 0.2) is 11.6 Å². The van der Waals surface area contributed by atoms with Crippen molar-refractivity contribution < 1.29 is 14.7 Å². The van der Waals surface area contributed by atoms with Crippen LogP contribution in [0.2, 0.25) is 0 Å². The highest BCUT2D eigenvalue weighted by atomic mass is 16.3. The molecule has 4 heteroatoms. The molecule has 1 heterocycles. The molecule has 0 spiro atoms. The zero-order chi connectivity index (χ0) is 17.6. The quantitative estimate of drug-likeness (QED) is 0.693. The lowest BCUT2D eigenvalue weighted by molar-refractivity contribution is 0.0890. The highest BCUT2D eigenvalue weighted by Gasteiger charge is 2.26. The summed E-state index contributed by atoms with van der Waals surface area (Å²) in [6.45, 7) is 0. The molecule has 1 N–H and O–H groups in total. The number of phenols is 1. The van der Waals surface area contributed by atoms with Gasteiger partial charge < -0.3 is 5.11 Å². The maximum atomic E-state index is 12.9.